The Kier molecular flexibility index (Phi) is 2.59. The summed E-state index contributed by atoms with van der Waals surface area (Å²) in [7, 11) is 1.32. The zero-order chi connectivity index (χ0) is 13.4. The minimum Gasteiger partial charge on any atom is -0.478 e. The van der Waals surface area contributed by atoms with E-state index in [1.807, 2.05) is 0 Å². The number of carbonyl (C=O) groups excluding carboxylic acids is 3. The van der Waals surface area contributed by atoms with Crippen molar-refractivity contribution in [3.8, 4) is 0 Å². The molecule has 0 aromatic heterocycles. The second-order valence-electron chi connectivity index (χ2n) is 3.50. The fourth-order valence-corrected chi connectivity index (χ4v) is 1.63. The van der Waals surface area contributed by atoms with E-state index in [1.165, 1.54) is 7.05 Å². The van der Waals surface area contributed by atoms with Crippen molar-refractivity contribution in [1.82, 2.24) is 5.32 Å². The SMILES string of the molecule is CNC(=O)c1cc2c(cc1C(=O)O)C(=O)OC2=O. The minimum atomic E-state index is -1.37. The molecule has 92 valence electrons. The van der Waals surface area contributed by atoms with E-state index in [9.17, 15) is 19.2 Å². The maximum Gasteiger partial charge on any atom is 0.346 e. The van der Waals surface area contributed by atoms with E-state index in [2.05, 4.69) is 10.1 Å². The summed E-state index contributed by atoms with van der Waals surface area (Å²) in [6, 6.07) is 2.01. The van der Waals surface area contributed by atoms with Gasteiger partial charge in [-0.05, 0) is 12.1 Å². The molecule has 2 rings (SSSR count). The molecule has 1 amide bonds. The Morgan fingerprint density at radius 1 is 1.11 bits per heavy atom. The fourth-order valence-electron chi connectivity index (χ4n) is 1.63. The number of carboxylic acid groups (broad SMARTS) is 1. The van der Waals surface area contributed by atoms with Crippen molar-refractivity contribution < 1.29 is 29.0 Å². The van der Waals surface area contributed by atoms with Gasteiger partial charge in [-0.15, -0.1) is 0 Å². The van der Waals surface area contributed by atoms with Gasteiger partial charge in [0.05, 0.1) is 22.3 Å². The Morgan fingerprint density at radius 2 is 1.61 bits per heavy atom. The van der Waals surface area contributed by atoms with E-state index in [0.717, 1.165) is 12.1 Å². The standard InChI is InChI=1S/C11H7NO6/c1-12-8(13)4-2-6-7(3-5(4)9(14)15)11(17)18-10(6)16/h2-3H,1H3,(H,12,13)(H,14,15). The van der Waals surface area contributed by atoms with Crippen molar-refractivity contribution in [2.24, 2.45) is 0 Å². The van der Waals surface area contributed by atoms with E-state index < -0.39 is 23.8 Å². The van der Waals surface area contributed by atoms with Crippen LogP contribution < -0.4 is 5.32 Å². The molecule has 1 aromatic carbocycles. The van der Waals surface area contributed by atoms with Gasteiger partial charge in [-0.3, -0.25) is 4.79 Å². The van der Waals surface area contributed by atoms with Crippen molar-refractivity contribution in [1.29, 1.82) is 0 Å². The first-order valence-electron chi connectivity index (χ1n) is 4.85. The first-order valence-corrected chi connectivity index (χ1v) is 4.85. The largest absolute Gasteiger partial charge is 0.478 e. The lowest BCUT2D eigenvalue weighted by atomic mass is 9.99. The molecule has 0 saturated heterocycles. The molecule has 0 aliphatic carbocycles. The smallest absolute Gasteiger partial charge is 0.346 e. The van der Waals surface area contributed by atoms with Crippen LogP contribution in [-0.4, -0.2) is 36.0 Å². The van der Waals surface area contributed by atoms with Gasteiger partial charge in [0.15, 0.2) is 0 Å². The van der Waals surface area contributed by atoms with Crippen molar-refractivity contribution in [3.05, 3.63) is 34.4 Å². The Hall–Kier alpha value is -2.70. The van der Waals surface area contributed by atoms with Crippen LogP contribution in [0.15, 0.2) is 12.1 Å². The lowest BCUT2D eigenvalue weighted by Gasteiger charge is -2.05. The maximum absolute atomic E-state index is 11.5. The number of fused-ring (bicyclic) bond motifs is 1. The van der Waals surface area contributed by atoms with Crippen LogP contribution in [0.1, 0.15) is 41.4 Å². The molecule has 2 N–H and O–H groups in total. The molecule has 0 saturated carbocycles. The molecule has 7 nitrogen and oxygen atoms in total. The summed E-state index contributed by atoms with van der Waals surface area (Å²) >= 11 is 0. The third-order valence-electron chi connectivity index (χ3n) is 2.49. The summed E-state index contributed by atoms with van der Waals surface area (Å²) in [5.74, 6) is -3.84. The zero-order valence-corrected chi connectivity index (χ0v) is 9.14. The highest BCUT2D eigenvalue weighted by atomic mass is 16.6. The second-order valence-corrected chi connectivity index (χ2v) is 3.50. The third kappa shape index (κ3) is 1.61. The maximum atomic E-state index is 11.5. The zero-order valence-electron chi connectivity index (χ0n) is 9.14. The van der Waals surface area contributed by atoms with Crippen LogP contribution in [0.3, 0.4) is 0 Å². The monoisotopic (exact) mass is 249 g/mol. The van der Waals surface area contributed by atoms with Crippen molar-refractivity contribution in [2.75, 3.05) is 7.05 Å². The van der Waals surface area contributed by atoms with Crippen LogP contribution >= 0.6 is 0 Å². The number of ether oxygens (including phenoxy) is 1. The molecule has 18 heavy (non-hydrogen) atoms. The van der Waals surface area contributed by atoms with Crippen LogP contribution in [0.2, 0.25) is 0 Å². The van der Waals surface area contributed by atoms with E-state index in [0.29, 0.717) is 0 Å². The van der Waals surface area contributed by atoms with Crippen molar-refractivity contribution in [3.63, 3.8) is 0 Å². The molecule has 0 bridgehead atoms. The van der Waals surface area contributed by atoms with E-state index in [-0.39, 0.29) is 22.3 Å². The number of hydrogen-bond acceptors (Lipinski definition) is 5. The molecule has 1 aromatic rings. The molecule has 1 aliphatic rings. The molecule has 1 aliphatic heterocycles. The number of aromatic carboxylic acids is 1. The molecule has 0 fully saturated rings. The second kappa shape index (κ2) is 3.95. The Balaban J connectivity index is 2.71. The Bertz CT molecular complexity index is 604. The average Bonchev–Trinajstić information content (AvgIpc) is 2.62. The first-order chi connectivity index (χ1) is 8.45. The topological polar surface area (TPSA) is 110 Å². The number of cyclic esters (lactones) is 2. The average molecular weight is 249 g/mol. The summed E-state index contributed by atoms with van der Waals surface area (Å²) in [5.41, 5.74) is -0.816. The highest BCUT2D eigenvalue weighted by Crippen LogP contribution is 2.24. The van der Waals surface area contributed by atoms with E-state index in [4.69, 9.17) is 5.11 Å². The predicted octanol–water partition coefficient (Wildman–Crippen LogP) is 0.0550. The molecule has 7 heteroatoms. The Labute approximate surface area is 100 Å². The summed E-state index contributed by atoms with van der Waals surface area (Å²) in [6.45, 7) is 0. The summed E-state index contributed by atoms with van der Waals surface area (Å²) < 4.78 is 4.33. The molecule has 1 heterocycles. The normalized spacial score (nSPS) is 12.9. The summed E-state index contributed by atoms with van der Waals surface area (Å²) in [5, 5.41) is 11.2. The van der Waals surface area contributed by atoms with Crippen LogP contribution in [0.5, 0.6) is 0 Å². The first kappa shape index (κ1) is 11.8. The van der Waals surface area contributed by atoms with Gasteiger partial charge in [0.1, 0.15) is 0 Å². The number of amides is 1. The van der Waals surface area contributed by atoms with Gasteiger partial charge in [0.2, 0.25) is 0 Å². The van der Waals surface area contributed by atoms with Crippen LogP contribution in [-0.2, 0) is 4.74 Å². The van der Waals surface area contributed by atoms with Gasteiger partial charge in [0.25, 0.3) is 5.91 Å². The van der Waals surface area contributed by atoms with Gasteiger partial charge < -0.3 is 15.2 Å². The lowest BCUT2D eigenvalue weighted by molar-refractivity contribution is 0.0443. The van der Waals surface area contributed by atoms with Crippen LogP contribution in [0.25, 0.3) is 0 Å². The number of benzene rings is 1. The minimum absolute atomic E-state index is 0.108. The number of esters is 2. The van der Waals surface area contributed by atoms with Crippen molar-refractivity contribution >= 4 is 23.8 Å². The van der Waals surface area contributed by atoms with Crippen LogP contribution in [0, 0.1) is 0 Å². The van der Waals surface area contributed by atoms with Crippen molar-refractivity contribution in [2.45, 2.75) is 0 Å². The fraction of sp³-hybridized carbons (Fsp3) is 0.0909. The van der Waals surface area contributed by atoms with Gasteiger partial charge in [-0.1, -0.05) is 0 Å². The lowest BCUT2D eigenvalue weighted by Crippen LogP contribution is -2.22. The molecule has 0 unspecified atom stereocenters. The molecule has 0 spiro atoms. The highest BCUT2D eigenvalue weighted by molar-refractivity contribution is 6.17. The van der Waals surface area contributed by atoms with Gasteiger partial charge in [-0.25, -0.2) is 14.4 Å². The van der Waals surface area contributed by atoms with Gasteiger partial charge >= 0.3 is 17.9 Å². The summed E-state index contributed by atoms with van der Waals surface area (Å²) in [6.07, 6.45) is 0. The third-order valence-corrected chi connectivity index (χ3v) is 2.49. The highest BCUT2D eigenvalue weighted by Gasteiger charge is 2.33. The molecule has 0 atom stereocenters. The molecular formula is C11H7NO6. The number of carboxylic acids is 1. The predicted molar refractivity (Wildman–Crippen MR) is 56.5 cm³/mol. The van der Waals surface area contributed by atoms with Crippen LogP contribution in [0.4, 0.5) is 0 Å². The molecule has 0 radical (unpaired) electrons. The van der Waals surface area contributed by atoms with Gasteiger partial charge in [0, 0.05) is 7.05 Å². The number of nitrogens with one attached hydrogen (secondary N) is 1. The summed E-state index contributed by atoms with van der Waals surface area (Å²) in [4.78, 5) is 45.1. The Morgan fingerprint density at radius 3 is 2.06 bits per heavy atom. The molecular weight excluding hydrogens is 242 g/mol. The number of hydrogen-bond donors (Lipinski definition) is 2. The van der Waals surface area contributed by atoms with E-state index >= 15 is 0 Å². The van der Waals surface area contributed by atoms with Gasteiger partial charge in [-0.2, -0.15) is 0 Å². The van der Waals surface area contributed by atoms with E-state index in [1.54, 1.807) is 0 Å². The number of carbonyl (C=O) groups is 4. The quantitative estimate of drug-likeness (QED) is 0.566. The number of rotatable bonds is 2.